The van der Waals surface area contributed by atoms with E-state index in [0.717, 1.165) is 0 Å². The molecule has 1 aromatic heterocycles. The van der Waals surface area contributed by atoms with Gasteiger partial charge in [-0.2, -0.15) is 0 Å². The van der Waals surface area contributed by atoms with Gasteiger partial charge in [0.1, 0.15) is 0 Å². The molecule has 0 aliphatic carbocycles. The third-order valence-electron chi connectivity index (χ3n) is 8.33. The molecule has 7 aromatic carbocycles. The molecule has 0 nitrogen and oxygen atoms in total. The zero-order valence-corrected chi connectivity index (χ0v) is 22.8. The summed E-state index contributed by atoms with van der Waals surface area (Å²) >= 11 is 1.90. The minimum Gasteiger partial charge on any atom is -0.135 e. The normalized spacial score (nSPS) is 11.8. The summed E-state index contributed by atoms with van der Waals surface area (Å²) in [5.41, 5.74) is 7.81. The molecule has 0 spiro atoms. The van der Waals surface area contributed by atoms with E-state index in [1.54, 1.807) is 0 Å². The molecule has 39 heavy (non-hydrogen) atoms. The van der Waals surface area contributed by atoms with Crippen molar-refractivity contribution >= 4 is 63.8 Å². The van der Waals surface area contributed by atoms with Gasteiger partial charge in [0, 0.05) is 20.2 Å². The quantitative estimate of drug-likeness (QED) is 0.201. The van der Waals surface area contributed by atoms with Crippen molar-refractivity contribution in [2.45, 2.75) is 13.8 Å². The standard InChI is InChI=1S/C38H26S/c1-23-18-19-25(26-15-9-16-32-31-14-7-8-17-37(31)39-38(26)32)21-33(23)34-22-36-30-13-6-4-11-28(30)27-10-3-5-12-29(27)35(36)20-24(34)2/h3-22H,1-2H3. The Hall–Kier alpha value is -4.46. The Bertz CT molecular complexity index is 2250. The molecular formula is C38H26S. The summed E-state index contributed by atoms with van der Waals surface area (Å²) in [5.74, 6) is 0. The average Bonchev–Trinajstić information content (AvgIpc) is 3.37. The van der Waals surface area contributed by atoms with E-state index in [1.165, 1.54) is 85.9 Å². The van der Waals surface area contributed by atoms with Crippen molar-refractivity contribution < 1.29 is 0 Å². The van der Waals surface area contributed by atoms with Crippen molar-refractivity contribution in [3.05, 3.63) is 132 Å². The predicted molar refractivity (Wildman–Crippen MR) is 172 cm³/mol. The molecule has 0 radical (unpaired) electrons. The number of thiophene rings is 1. The van der Waals surface area contributed by atoms with E-state index in [0.29, 0.717) is 0 Å². The summed E-state index contributed by atoms with van der Waals surface area (Å²) < 4.78 is 2.71. The van der Waals surface area contributed by atoms with Gasteiger partial charge >= 0.3 is 0 Å². The molecular weight excluding hydrogens is 488 g/mol. The molecule has 8 rings (SSSR count). The Labute approximate surface area is 231 Å². The smallest absolute Gasteiger partial charge is 0.0433 e. The molecule has 0 aliphatic heterocycles. The molecule has 184 valence electrons. The van der Waals surface area contributed by atoms with Gasteiger partial charge in [0.15, 0.2) is 0 Å². The van der Waals surface area contributed by atoms with Gasteiger partial charge in [-0.25, -0.2) is 0 Å². The molecule has 0 N–H and O–H groups in total. The van der Waals surface area contributed by atoms with E-state index in [1.807, 2.05) is 11.3 Å². The molecule has 1 heteroatoms. The monoisotopic (exact) mass is 514 g/mol. The molecule has 0 unspecified atom stereocenters. The van der Waals surface area contributed by atoms with Crippen molar-refractivity contribution in [2.75, 3.05) is 0 Å². The summed E-state index contributed by atoms with van der Waals surface area (Å²) in [6.45, 7) is 4.50. The Morgan fingerprint density at radius 2 is 0.949 bits per heavy atom. The van der Waals surface area contributed by atoms with Crippen molar-refractivity contribution in [3.63, 3.8) is 0 Å². The van der Waals surface area contributed by atoms with Crippen LogP contribution in [-0.4, -0.2) is 0 Å². The number of benzene rings is 7. The molecule has 0 bridgehead atoms. The van der Waals surface area contributed by atoms with Crippen LogP contribution < -0.4 is 0 Å². The molecule has 0 atom stereocenters. The van der Waals surface area contributed by atoms with Crippen LogP contribution in [0.25, 0.3) is 74.7 Å². The van der Waals surface area contributed by atoms with Crippen molar-refractivity contribution in [1.29, 1.82) is 0 Å². The second-order valence-electron chi connectivity index (χ2n) is 10.6. The maximum absolute atomic E-state index is 2.44. The zero-order valence-electron chi connectivity index (χ0n) is 22.0. The summed E-state index contributed by atoms with van der Waals surface area (Å²) in [4.78, 5) is 0. The number of rotatable bonds is 2. The maximum atomic E-state index is 2.44. The fourth-order valence-electron chi connectivity index (χ4n) is 6.40. The molecule has 0 fully saturated rings. The Balaban J connectivity index is 1.39. The van der Waals surface area contributed by atoms with Crippen LogP contribution >= 0.6 is 11.3 Å². The number of fused-ring (bicyclic) bond motifs is 9. The molecule has 1 heterocycles. The Kier molecular flexibility index (Phi) is 4.92. The first-order valence-electron chi connectivity index (χ1n) is 13.5. The highest BCUT2D eigenvalue weighted by atomic mass is 32.1. The second-order valence-corrected chi connectivity index (χ2v) is 11.7. The summed E-state index contributed by atoms with van der Waals surface area (Å²) in [6, 6.07) is 45.0. The van der Waals surface area contributed by atoms with Crippen LogP contribution in [0.2, 0.25) is 0 Å². The number of aryl methyl sites for hydroxylation is 2. The lowest BCUT2D eigenvalue weighted by atomic mass is 9.87. The molecule has 0 amide bonds. The van der Waals surface area contributed by atoms with Gasteiger partial charge in [0.2, 0.25) is 0 Å². The third kappa shape index (κ3) is 3.37. The van der Waals surface area contributed by atoms with E-state index >= 15 is 0 Å². The largest absolute Gasteiger partial charge is 0.135 e. The average molecular weight is 515 g/mol. The van der Waals surface area contributed by atoms with Gasteiger partial charge in [0.05, 0.1) is 0 Å². The van der Waals surface area contributed by atoms with Crippen molar-refractivity contribution in [2.24, 2.45) is 0 Å². The zero-order chi connectivity index (χ0) is 26.1. The van der Waals surface area contributed by atoms with Crippen LogP contribution in [0.5, 0.6) is 0 Å². The second kappa shape index (κ2) is 8.53. The topological polar surface area (TPSA) is 0 Å². The van der Waals surface area contributed by atoms with Gasteiger partial charge in [-0.3, -0.25) is 0 Å². The van der Waals surface area contributed by atoms with E-state index < -0.39 is 0 Å². The van der Waals surface area contributed by atoms with Crippen LogP contribution in [0.15, 0.2) is 121 Å². The van der Waals surface area contributed by atoms with Gasteiger partial charge in [-0.1, -0.05) is 103 Å². The van der Waals surface area contributed by atoms with Crippen LogP contribution in [0.3, 0.4) is 0 Å². The highest BCUT2D eigenvalue weighted by Gasteiger charge is 2.15. The lowest BCUT2D eigenvalue weighted by Gasteiger charge is -2.16. The molecule has 0 saturated carbocycles. The lowest BCUT2D eigenvalue weighted by Crippen LogP contribution is -1.91. The van der Waals surface area contributed by atoms with E-state index in [-0.39, 0.29) is 0 Å². The molecule has 0 saturated heterocycles. The number of hydrogen-bond acceptors (Lipinski definition) is 1. The Morgan fingerprint density at radius 1 is 0.385 bits per heavy atom. The van der Waals surface area contributed by atoms with E-state index in [9.17, 15) is 0 Å². The lowest BCUT2D eigenvalue weighted by molar-refractivity contribution is 1.42. The molecule has 8 aromatic rings. The maximum Gasteiger partial charge on any atom is 0.0433 e. The predicted octanol–water partition coefficient (Wildman–Crippen LogP) is 11.5. The fraction of sp³-hybridized carbons (Fsp3) is 0.0526. The first-order chi connectivity index (χ1) is 19.2. The van der Waals surface area contributed by atoms with Crippen LogP contribution in [0.1, 0.15) is 11.1 Å². The Morgan fingerprint density at radius 3 is 1.67 bits per heavy atom. The first kappa shape index (κ1) is 22.5. The van der Waals surface area contributed by atoms with Gasteiger partial charge in [-0.15, -0.1) is 11.3 Å². The first-order valence-corrected chi connectivity index (χ1v) is 14.3. The van der Waals surface area contributed by atoms with Gasteiger partial charge in [0.25, 0.3) is 0 Å². The van der Waals surface area contributed by atoms with Crippen LogP contribution in [0.4, 0.5) is 0 Å². The van der Waals surface area contributed by atoms with Gasteiger partial charge in [-0.05, 0) is 97.7 Å². The summed E-state index contributed by atoms with van der Waals surface area (Å²) in [5, 5.41) is 10.6. The SMILES string of the molecule is Cc1ccc(-c2cccc3c2sc2ccccc23)cc1-c1cc2c3ccccc3c3ccccc3c2cc1C. The minimum atomic E-state index is 1.27. The minimum absolute atomic E-state index is 1.27. The van der Waals surface area contributed by atoms with Gasteiger partial charge < -0.3 is 0 Å². The summed E-state index contributed by atoms with van der Waals surface area (Å²) in [6.07, 6.45) is 0. The highest BCUT2D eigenvalue weighted by Crippen LogP contribution is 2.43. The van der Waals surface area contributed by atoms with Crippen molar-refractivity contribution in [1.82, 2.24) is 0 Å². The van der Waals surface area contributed by atoms with Crippen LogP contribution in [0, 0.1) is 13.8 Å². The summed E-state index contributed by atoms with van der Waals surface area (Å²) in [7, 11) is 0. The number of hydrogen-bond donors (Lipinski definition) is 0. The van der Waals surface area contributed by atoms with E-state index in [4.69, 9.17) is 0 Å². The highest BCUT2D eigenvalue weighted by molar-refractivity contribution is 7.26. The molecule has 0 aliphatic rings. The van der Waals surface area contributed by atoms with Crippen LogP contribution in [-0.2, 0) is 0 Å². The van der Waals surface area contributed by atoms with E-state index in [2.05, 4.69) is 135 Å². The van der Waals surface area contributed by atoms with Crippen molar-refractivity contribution in [3.8, 4) is 22.3 Å². The fourth-order valence-corrected chi connectivity index (χ4v) is 7.64. The third-order valence-corrected chi connectivity index (χ3v) is 9.55.